The van der Waals surface area contributed by atoms with Crippen molar-refractivity contribution >= 4 is 11.9 Å². The Bertz CT molecular complexity index is 734. The van der Waals surface area contributed by atoms with E-state index in [1.807, 2.05) is 0 Å². The van der Waals surface area contributed by atoms with Crippen LogP contribution < -0.4 is 5.56 Å². The van der Waals surface area contributed by atoms with Crippen LogP contribution in [0.15, 0.2) is 16.9 Å². The van der Waals surface area contributed by atoms with E-state index in [1.165, 1.54) is 19.6 Å². The van der Waals surface area contributed by atoms with Crippen LogP contribution in [0.1, 0.15) is 48.7 Å². The van der Waals surface area contributed by atoms with E-state index >= 15 is 0 Å². The van der Waals surface area contributed by atoms with E-state index in [4.69, 9.17) is 0 Å². The van der Waals surface area contributed by atoms with Crippen LogP contribution in [0, 0.1) is 0 Å². The molecular weight excluding hydrogens is 310 g/mol. The number of carbonyl (C=O) groups excluding carboxylic acids is 2. The average molecular weight is 331 g/mol. The van der Waals surface area contributed by atoms with Crippen molar-refractivity contribution in [1.29, 1.82) is 0 Å². The molecule has 0 atom stereocenters. The van der Waals surface area contributed by atoms with Gasteiger partial charge in [-0.1, -0.05) is 6.42 Å². The number of esters is 1. The third-order valence-electron chi connectivity index (χ3n) is 4.68. The van der Waals surface area contributed by atoms with Crippen LogP contribution in [0.25, 0.3) is 0 Å². The molecule has 1 aliphatic carbocycles. The molecular formula is C17H21N3O4. The topological polar surface area (TPSA) is 92.4 Å². The molecule has 7 nitrogen and oxygen atoms in total. The molecule has 7 heteroatoms. The van der Waals surface area contributed by atoms with E-state index < -0.39 is 5.97 Å². The van der Waals surface area contributed by atoms with Gasteiger partial charge in [-0.2, -0.15) is 0 Å². The summed E-state index contributed by atoms with van der Waals surface area (Å²) in [5, 5.41) is 0. The van der Waals surface area contributed by atoms with E-state index in [9.17, 15) is 14.4 Å². The number of methoxy groups -OCH3 is 1. The van der Waals surface area contributed by atoms with Crippen LogP contribution in [0.2, 0.25) is 0 Å². The lowest BCUT2D eigenvalue weighted by Gasteiger charge is -2.25. The zero-order chi connectivity index (χ0) is 17.1. The molecule has 1 fully saturated rings. The van der Waals surface area contributed by atoms with Gasteiger partial charge in [0.05, 0.1) is 24.9 Å². The molecule has 3 rings (SSSR count). The maximum Gasteiger partial charge on any atom is 0.330 e. The minimum absolute atomic E-state index is 0.154. The van der Waals surface area contributed by atoms with Gasteiger partial charge in [-0.25, -0.2) is 9.78 Å². The first-order valence-electron chi connectivity index (χ1n) is 8.25. The fourth-order valence-corrected chi connectivity index (χ4v) is 3.02. The Balaban J connectivity index is 1.80. The molecule has 0 spiro atoms. The molecule has 1 saturated carbocycles. The zero-order valence-electron chi connectivity index (χ0n) is 13.7. The van der Waals surface area contributed by atoms with Gasteiger partial charge in [0.2, 0.25) is 5.91 Å². The lowest BCUT2D eigenvalue weighted by Crippen LogP contribution is -2.32. The van der Waals surface area contributed by atoms with Crippen LogP contribution in [-0.4, -0.2) is 40.4 Å². The Labute approximate surface area is 139 Å². The van der Waals surface area contributed by atoms with Crippen molar-refractivity contribution in [3.63, 3.8) is 0 Å². The number of nitrogens with one attached hydrogen (secondary N) is 1. The molecule has 2 aliphatic rings. The van der Waals surface area contributed by atoms with Crippen molar-refractivity contribution in [3.8, 4) is 0 Å². The third-order valence-corrected chi connectivity index (χ3v) is 4.68. The second-order valence-electron chi connectivity index (χ2n) is 6.22. The van der Waals surface area contributed by atoms with Gasteiger partial charge in [-0.05, 0) is 25.7 Å². The molecule has 128 valence electrons. The van der Waals surface area contributed by atoms with Gasteiger partial charge in [-0.15, -0.1) is 0 Å². The molecule has 1 aromatic heterocycles. The largest absolute Gasteiger partial charge is 0.466 e. The lowest BCUT2D eigenvalue weighted by atomic mass is 9.84. The number of aryl methyl sites for hydroxylation is 1. The average Bonchev–Trinajstić information content (AvgIpc) is 2.73. The fourth-order valence-electron chi connectivity index (χ4n) is 3.02. The van der Waals surface area contributed by atoms with Crippen molar-refractivity contribution in [1.82, 2.24) is 14.9 Å². The SMILES string of the molecule is COC(=O)/C=C/C(=O)N1CCCc2nc(C3CCC3)[nH]c(=O)c2C1. The molecule has 2 heterocycles. The number of aromatic nitrogens is 2. The fraction of sp³-hybridized carbons (Fsp3) is 0.529. The van der Waals surface area contributed by atoms with Crippen molar-refractivity contribution < 1.29 is 14.3 Å². The first-order valence-corrected chi connectivity index (χ1v) is 8.25. The summed E-state index contributed by atoms with van der Waals surface area (Å²) in [6.07, 6.45) is 7.03. The number of H-pyrrole nitrogens is 1. The van der Waals surface area contributed by atoms with E-state index in [-0.39, 0.29) is 18.0 Å². The van der Waals surface area contributed by atoms with Gasteiger partial charge >= 0.3 is 5.97 Å². The number of amides is 1. The smallest absolute Gasteiger partial charge is 0.330 e. The number of hydrogen-bond acceptors (Lipinski definition) is 5. The Kier molecular flexibility index (Phi) is 4.78. The van der Waals surface area contributed by atoms with Crippen LogP contribution >= 0.6 is 0 Å². The van der Waals surface area contributed by atoms with Gasteiger partial charge in [-0.3, -0.25) is 9.59 Å². The number of fused-ring (bicyclic) bond motifs is 1. The highest BCUT2D eigenvalue weighted by Crippen LogP contribution is 2.34. The molecule has 1 amide bonds. The molecule has 1 N–H and O–H groups in total. The van der Waals surface area contributed by atoms with Crippen LogP contribution in [0.5, 0.6) is 0 Å². The number of aromatic amines is 1. The molecule has 0 aromatic carbocycles. The normalized spacial score (nSPS) is 18.0. The van der Waals surface area contributed by atoms with Gasteiger partial charge in [0, 0.05) is 24.6 Å². The Morgan fingerprint density at radius 1 is 1.29 bits per heavy atom. The predicted molar refractivity (Wildman–Crippen MR) is 86.3 cm³/mol. The molecule has 1 aliphatic heterocycles. The molecule has 1 aromatic rings. The standard InChI is InChI=1S/C17H21N3O4/c1-24-15(22)8-7-14(21)20-9-3-6-13-12(10-20)17(23)19-16(18-13)11-4-2-5-11/h7-8,11H,2-6,9-10H2,1H3,(H,18,19,23)/b8-7+. The first kappa shape index (κ1) is 16.4. The monoisotopic (exact) mass is 331 g/mol. The highest BCUT2D eigenvalue weighted by Gasteiger charge is 2.26. The molecule has 0 unspecified atom stereocenters. The Morgan fingerprint density at radius 2 is 2.08 bits per heavy atom. The van der Waals surface area contributed by atoms with Gasteiger partial charge in [0.25, 0.3) is 5.56 Å². The van der Waals surface area contributed by atoms with Crippen molar-refractivity contribution in [2.45, 2.75) is 44.6 Å². The molecule has 0 saturated heterocycles. The Morgan fingerprint density at radius 3 is 2.75 bits per heavy atom. The highest BCUT2D eigenvalue weighted by molar-refractivity contribution is 5.94. The number of nitrogens with zero attached hydrogens (tertiary/aromatic N) is 2. The summed E-state index contributed by atoms with van der Waals surface area (Å²) in [5.74, 6) is 0.265. The first-order chi connectivity index (χ1) is 11.6. The van der Waals surface area contributed by atoms with Gasteiger partial charge < -0.3 is 14.6 Å². The minimum Gasteiger partial charge on any atom is -0.466 e. The number of ether oxygens (including phenoxy) is 1. The van der Waals surface area contributed by atoms with Crippen LogP contribution in [0.3, 0.4) is 0 Å². The predicted octanol–water partition coefficient (Wildman–Crippen LogP) is 1.04. The number of carbonyl (C=O) groups is 2. The van der Waals surface area contributed by atoms with Crippen molar-refractivity contribution in [2.24, 2.45) is 0 Å². The quantitative estimate of drug-likeness (QED) is 0.660. The van der Waals surface area contributed by atoms with E-state index in [0.29, 0.717) is 24.4 Å². The summed E-state index contributed by atoms with van der Waals surface area (Å²) in [6.45, 7) is 0.742. The summed E-state index contributed by atoms with van der Waals surface area (Å²) in [4.78, 5) is 44.9. The van der Waals surface area contributed by atoms with Gasteiger partial charge in [0.15, 0.2) is 0 Å². The van der Waals surface area contributed by atoms with Crippen LogP contribution in [0.4, 0.5) is 0 Å². The maximum atomic E-state index is 12.4. The second-order valence-corrected chi connectivity index (χ2v) is 6.22. The summed E-state index contributed by atoms with van der Waals surface area (Å²) in [7, 11) is 1.25. The van der Waals surface area contributed by atoms with Crippen molar-refractivity contribution in [3.05, 3.63) is 39.6 Å². The third kappa shape index (κ3) is 3.39. The van der Waals surface area contributed by atoms with Crippen molar-refractivity contribution in [2.75, 3.05) is 13.7 Å². The second kappa shape index (κ2) is 6.98. The molecule has 0 radical (unpaired) electrons. The highest BCUT2D eigenvalue weighted by atomic mass is 16.5. The lowest BCUT2D eigenvalue weighted by molar-refractivity contribution is -0.135. The summed E-state index contributed by atoms with van der Waals surface area (Å²) in [6, 6.07) is 0. The summed E-state index contributed by atoms with van der Waals surface area (Å²) in [5.41, 5.74) is 1.20. The van der Waals surface area contributed by atoms with E-state index in [1.54, 1.807) is 4.90 Å². The van der Waals surface area contributed by atoms with E-state index in [0.717, 1.165) is 36.9 Å². The summed E-state index contributed by atoms with van der Waals surface area (Å²) < 4.78 is 4.48. The maximum absolute atomic E-state index is 12.4. The number of hydrogen-bond donors (Lipinski definition) is 1. The van der Waals surface area contributed by atoms with E-state index in [2.05, 4.69) is 14.7 Å². The number of rotatable bonds is 3. The van der Waals surface area contributed by atoms with Crippen LogP contribution in [-0.2, 0) is 27.3 Å². The molecule has 24 heavy (non-hydrogen) atoms. The minimum atomic E-state index is -0.580. The zero-order valence-corrected chi connectivity index (χ0v) is 13.7. The summed E-state index contributed by atoms with van der Waals surface area (Å²) >= 11 is 0. The molecule has 0 bridgehead atoms. The van der Waals surface area contributed by atoms with Gasteiger partial charge in [0.1, 0.15) is 5.82 Å². The Hall–Kier alpha value is -2.44.